The molecule has 3 aliphatic rings. The average molecular weight is 396 g/mol. The summed E-state index contributed by atoms with van der Waals surface area (Å²) >= 11 is 0. The first-order valence-electron chi connectivity index (χ1n) is 10.6. The largest absolute Gasteiger partial charge is 0.337 e. The van der Waals surface area contributed by atoms with Crippen LogP contribution in [0.15, 0.2) is 28.8 Å². The fraction of sp³-hybridized carbons (Fsp3) is 0.591. The van der Waals surface area contributed by atoms with Gasteiger partial charge in [0.2, 0.25) is 5.89 Å². The van der Waals surface area contributed by atoms with Gasteiger partial charge in [-0.05, 0) is 36.0 Å². The van der Waals surface area contributed by atoms with Crippen molar-refractivity contribution in [3.63, 3.8) is 0 Å². The van der Waals surface area contributed by atoms with E-state index in [1.807, 2.05) is 14.1 Å². The second-order valence-electron chi connectivity index (χ2n) is 9.02. The molecule has 29 heavy (non-hydrogen) atoms. The smallest absolute Gasteiger partial charge is 0.320 e. The predicted octanol–water partition coefficient (Wildman–Crippen LogP) is 3.44. The molecule has 3 atom stereocenters. The van der Waals surface area contributed by atoms with Crippen molar-refractivity contribution in [1.82, 2.24) is 19.9 Å². The van der Waals surface area contributed by atoms with Gasteiger partial charge < -0.3 is 19.2 Å². The van der Waals surface area contributed by atoms with E-state index in [9.17, 15) is 4.79 Å². The summed E-state index contributed by atoms with van der Waals surface area (Å²) in [6.45, 7) is 4.63. The van der Waals surface area contributed by atoms with Crippen LogP contribution in [0.1, 0.15) is 48.2 Å². The molecule has 2 saturated heterocycles. The molecule has 5 rings (SSSR count). The Labute approximate surface area is 171 Å². The lowest BCUT2D eigenvalue weighted by Gasteiger charge is -2.32. The van der Waals surface area contributed by atoms with E-state index in [0.29, 0.717) is 17.8 Å². The molecule has 1 saturated carbocycles. The molecule has 154 valence electrons. The van der Waals surface area contributed by atoms with Crippen molar-refractivity contribution in [3.8, 4) is 0 Å². The number of hydrogen-bond donors (Lipinski definition) is 0. The van der Waals surface area contributed by atoms with E-state index in [-0.39, 0.29) is 12.1 Å². The van der Waals surface area contributed by atoms with E-state index >= 15 is 0 Å². The van der Waals surface area contributed by atoms with Gasteiger partial charge in [-0.15, -0.1) is 0 Å². The summed E-state index contributed by atoms with van der Waals surface area (Å²) in [7, 11) is 3.66. The highest BCUT2D eigenvalue weighted by molar-refractivity contribution is 5.75. The molecule has 1 aromatic carbocycles. The van der Waals surface area contributed by atoms with Gasteiger partial charge in [-0.2, -0.15) is 4.98 Å². The van der Waals surface area contributed by atoms with Crippen molar-refractivity contribution in [3.05, 3.63) is 41.3 Å². The second kappa shape index (κ2) is 7.04. The van der Waals surface area contributed by atoms with Crippen molar-refractivity contribution in [2.24, 2.45) is 11.8 Å². The standard InChI is InChI=1S/C22H29N5O2/c1-14-7-4-5-10-17(14)19-18-13-26(11-16(18)12-27(19)22(28)25(2)3)21-23-20(29-24-21)15-8-6-9-15/h4-5,7,10,15-16,18-19H,6,8-9,11-13H2,1-3H3/t16-,18-,19+/m1/s1. The van der Waals surface area contributed by atoms with E-state index in [1.165, 1.54) is 17.5 Å². The van der Waals surface area contributed by atoms with Crippen LogP contribution < -0.4 is 4.90 Å². The number of carbonyl (C=O) groups is 1. The van der Waals surface area contributed by atoms with Crippen LogP contribution >= 0.6 is 0 Å². The minimum absolute atomic E-state index is 0.0825. The first-order chi connectivity index (χ1) is 14.0. The lowest BCUT2D eigenvalue weighted by Crippen LogP contribution is -2.41. The predicted molar refractivity (Wildman–Crippen MR) is 110 cm³/mol. The zero-order chi connectivity index (χ0) is 20.1. The molecule has 3 fully saturated rings. The van der Waals surface area contributed by atoms with Gasteiger partial charge in [0.1, 0.15) is 0 Å². The van der Waals surface area contributed by atoms with E-state index in [4.69, 9.17) is 9.51 Å². The monoisotopic (exact) mass is 395 g/mol. The van der Waals surface area contributed by atoms with Gasteiger partial charge in [0.25, 0.3) is 5.95 Å². The first kappa shape index (κ1) is 18.5. The van der Waals surface area contributed by atoms with Gasteiger partial charge in [0, 0.05) is 51.5 Å². The Morgan fingerprint density at radius 3 is 2.66 bits per heavy atom. The number of anilines is 1. The Morgan fingerprint density at radius 1 is 1.17 bits per heavy atom. The third-order valence-corrected chi connectivity index (χ3v) is 6.97. The Kier molecular flexibility index (Phi) is 4.48. The van der Waals surface area contributed by atoms with Crippen LogP contribution in [-0.4, -0.2) is 59.7 Å². The molecule has 0 unspecified atom stereocenters. The van der Waals surface area contributed by atoms with Gasteiger partial charge in [-0.1, -0.05) is 30.7 Å². The number of aromatic nitrogens is 2. The molecule has 7 nitrogen and oxygen atoms in total. The van der Waals surface area contributed by atoms with E-state index in [0.717, 1.165) is 44.3 Å². The fourth-order valence-electron chi connectivity index (χ4n) is 5.16. The van der Waals surface area contributed by atoms with Crippen LogP contribution in [0.5, 0.6) is 0 Å². The van der Waals surface area contributed by atoms with E-state index in [1.54, 1.807) is 4.90 Å². The molecular formula is C22H29N5O2. The van der Waals surface area contributed by atoms with Gasteiger partial charge in [-0.25, -0.2) is 4.79 Å². The molecule has 1 aromatic heterocycles. The van der Waals surface area contributed by atoms with E-state index < -0.39 is 0 Å². The molecule has 0 radical (unpaired) electrons. The summed E-state index contributed by atoms with van der Waals surface area (Å²) in [6, 6.07) is 8.61. The number of likely N-dealkylation sites (tertiary alicyclic amines) is 1. The zero-order valence-corrected chi connectivity index (χ0v) is 17.4. The van der Waals surface area contributed by atoms with Gasteiger partial charge in [0.15, 0.2) is 0 Å². The average Bonchev–Trinajstić information content (AvgIpc) is 3.34. The topological polar surface area (TPSA) is 65.7 Å². The highest BCUT2D eigenvalue weighted by Gasteiger charge is 2.50. The third-order valence-electron chi connectivity index (χ3n) is 6.97. The second-order valence-corrected chi connectivity index (χ2v) is 9.02. The SMILES string of the molecule is Cc1ccccc1[C@H]1[C@@H]2CN(c3noc(C4CCC4)n3)C[C@@H]2CN1C(=O)N(C)C. The zero-order valence-electron chi connectivity index (χ0n) is 17.4. The van der Waals surface area contributed by atoms with Gasteiger partial charge >= 0.3 is 6.03 Å². The molecule has 0 bridgehead atoms. The van der Waals surface area contributed by atoms with E-state index in [2.05, 4.69) is 46.1 Å². The summed E-state index contributed by atoms with van der Waals surface area (Å²) in [5.41, 5.74) is 2.49. The lowest BCUT2D eigenvalue weighted by molar-refractivity contribution is 0.159. The van der Waals surface area contributed by atoms with Crippen molar-refractivity contribution >= 4 is 12.0 Å². The van der Waals surface area contributed by atoms with Crippen LogP contribution in [-0.2, 0) is 0 Å². The molecule has 3 heterocycles. The third kappa shape index (κ3) is 3.07. The van der Waals surface area contributed by atoms with Crippen molar-refractivity contribution in [2.75, 3.05) is 38.6 Å². The first-order valence-corrected chi connectivity index (χ1v) is 10.6. The Bertz CT molecular complexity index is 906. The Balaban J connectivity index is 1.41. The van der Waals surface area contributed by atoms with Crippen molar-refractivity contribution < 1.29 is 9.32 Å². The number of nitrogens with zero attached hydrogens (tertiary/aromatic N) is 5. The quantitative estimate of drug-likeness (QED) is 0.797. The highest BCUT2D eigenvalue weighted by atomic mass is 16.5. The number of benzene rings is 1. The normalized spacial score (nSPS) is 26.5. The fourth-order valence-corrected chi connectivity index (χ4v) is 5.16. The Hall–Kier alpha value is -2.57. The summed E-state index contributed by atoms with van der Waals surface area (Å²) in [4.78, 5) is 23.6. The molecule has 2 amide bonds. The number of hydrogen-bond acceptors (Lipinski definition) is 5. The molecule has 2 aliphatic heterocycles. The van der Waals surface area contributed by atoms with Gasteiger partial charge in [0.05, 0.1) is 6.04 Å². The maximum Gasteiger partial charge on any atom is 0.320 e. The number of aryl methyl sites for hydroxylation is 1. The van der Waals surface area contributed by atoms with Crippen LogP contribution in [0, 0.1) is 18.8 Å². The number of fused-ring (bicyclic) bond motifs is 1. The minimum atomic E-state index is 0.0825. The lowest BCUT2D eigenvalue weighted by atomic mass is 9.85. The molecular weight excluding hydrogens is 366 g/mol. The molecule has 0 N–H and O–H groups in total. The van der Waals surface area contributed by atoms with Crippen LogP contribution in [0.2, 0.25) is 0 Å². The number of amides is 2. The maximum atomic E-state index is 12.9. The van der Waals surface area contributed by atoms with Crippen LogP contribution in [0.4, 0.5) is 10.7 Å². The summed E-state index contributed by atoms with van der Waals surface area (Å²) < 4.78 is 5.55. The molecule has 7 heteroatoms. The number of urea groups is 1. The number of carbonyl (C=O) groups excluding carboxylic acids is 1. The molecule has 0 spiro atoms. The summed E-state index contributed by atoms with van der Waals surface area (Å²) in [6.07, 6.45) is 3.57. The molecule has 2 aromatic rings. The minimum Gasteiger partial charge on any atom is -0.337 e. The van der Waals surface area contributed by atoms with Crippen LogP contribution in [0.3, 0.4) is 0 Å². The Morgan fingerprint density at radius 2 is 1.97 bits per heavy atom. The number of rotatable bonds is 3. The summed E-state index contributed by atoms with van der Waals surface area (Å²) in [5, 5.41) is 4.28. The highest BCUT2D eigenvalue weighted by Crippen LogP contribution is 2.47. The summed E-state index contributed by atoms with van der Waals surface area (Å²) in [5.74, 6) is 2.74. The van der Waals surface area contributed by atoms with Crippen LogP contribution in [0.25, 0.3) is 0 Å². The molecule has 1 aliphatic carbocycles. The maximum absolute atomic E-state index is 12.9. The van der Waals surface area contributed by atoms with Gasteiger partial charge in [-0.3, -0.25) is 0 Å². The van der Waals surface area contributed by atoms with Crippen molar-refractivity contribution in [1.29, 1.82) is 0 Å². The van der Waals surface area contributed by atoms with Crippen molar-refractivity contribution in [2.45, 2.75) is 38.1 Å².